The van der Waals surface area contributed by atoms with Crippen LogP contribution in [0, 0.1) is 0 Å². The highest BCUT2D eigenvalue weighted by molar-refractivity contribution is 7.89. The van der Waals surface area contributed by atoms with Crippen LogP contribution in [0.15, 0.2) is 23.1 Å². The number of benzene rings is 1. The Hall–Kier alpha value is -0.830. The second kappa shape index (κ2) is 5.51. The van der Waals surface area contributed by atoms with E-state index in [1.165, 1.54) is 0 Å². The maximum absolute atomic E-state index is 12.5. The van der Waals surface area contributed by atoms with Crippen molar-refractivity contribution in [2.24, 2.45) is 0 Å². The zero-order valence-electron chi connectivity index (χ0n) is 10.2. The van der Waals surface area contributed by atoms with Crippen LogP contribution in [-0.2, 0) is 16.2 Å². The van der Waals surface area contributed by atoms with Crippen molar-refractivity contribution in [3.8, 4) is 0 Å². The maximum Gasteiger partial charge on any atom is 0.416 e. The number of halogens is 4. The zero-order valence-corrected chi connectivity index (χ0v) is 11.7. The number of hydrogen-bond donors (Lipinski definition) is 2. The summed E-state index contributed by atoms with van der Waals surface area (Å²) >= 11 is 5.67. The Morgan fingerprint density at radius 1 is 1.35 bits per heavy atom. The largest absolute Gasteiger partial charge is 0.416 e. The Labute approximate surface area is 119 Å². The third-order valence-corrected chi connectivity index (χ3v) is 4.93. The summed E-state index contributed by atoms with van der Waals surface area (Å²) in [7, 11) is -3.93. The van der Waals surface area contributed by atoms with Crippen molar-refractivity contribution >= 4 is 21.6 Å². The molecule has 1 fully saturated rings. The van der Waals surface area contributed by atoms with Crippen LogP contribution < -0.4 is 10.0 Å². The highest BCUT2D eigenvalue weighted by Crippen LogP contribution is 2.33. The molecule has 112 valence electrons. The lowest BCUT2D eigenvalue weighted by Crippen LogP contribution is -2.36. The Balaban J connectivity index is 2.28. The predicted octanol–water partition coefficient (Wildman–Crippen LogP) is 2.00. The van der Waals surface area contributed by atoms with Gasteiger partial charge < -0.3 is 5.32 Å². The monoisotopic (exact) mass is 328 g/mol. The Kier molecular flexibility index (Phi) is 4.29. The number of nitrogens with one attached hydrogen (secondary N) is 2. The van der Waals surface area contributed by atoms with Crippen LogP contribution in [0.3, 0.4) is 0 Å². The van der Waals surface area contributed by atoms with Gasteiger partial charge in [0.25, 0.3) is 0 Å². The van der Waals surface area contributed by atoms with Crippen LogP contribution in [0.4, 0.5) is 13.2 Å². The molecule has 20 heavy (non-hydrogen) atoms. The molecule has 0 spiro atoms. The first-order valence-corrected chi connectivity index (χ1v) is 7.66. The van der Waals surface area contributed by atoms with Crippen molar-refractivity contribution in [1.29, 1.82) is 0 Å². The van der Waals surface area contributed by atoms with E-state index in [0.717, 1.165) is 6.07 Å². The van der Waals surface area contributed by atoms with Gasteiger partial charge in [-0.2, -0.15) is 13.2 Å². The van der Waals surface area contributed by atoms with Gasteiger partial charge in [0, 0.05) is 12.6 Å². The van der Waals surface area contributed by atoms with Gasteiger partial charge in [-0.1, -0.05) is 11.6 Å². The Morgan fingerprint density at radius 2 is 2.05 bits per heavy atom. The molecule has 2 N–H and O–H groups in total. The van der Waals surface area contributed by atoms with Crippen LogP contribution in [0.5, 0.6) is 0 Å². The topological polar surface area (TPSA) is 58.2 Å². The van der Waals surface area contributed by atoms with E-state index in [4.69, 9.17) is 11.6 Å². The third-order valence-electron chi connectivity index (χ3n) is 2.93. The molecule has 1 aliphatic rings. The highest BCUT2D eigenvalue weighted by atomic mass is 35.5. The second-order valence-electron chi connectivity index (χ2n) is 4.45. The number of rotatable bonds is 3. The van der Waals surface area contributed by atoms with E-state index in [9.17, 15) is 21.6 Å². The molecule has 1 aromatic carbocycles. The standard InChI is InChI=1S/C11H12ClF3N2O2S/c12-9-5-7(11(13,14)15)1-2-10(9)20(18,19)17-8-3-4-16-6-8/h1-2,5,8,16-17H,3-4,6H2. The zero-order chi connectivity index (χ0) is 15.0. The van der Waals surface area contributed by atoms with Gasteiger partial charge in [-0.05, 0) is 31.2 Å². The van der Waals surface area contributed by atoms with Crippen LogP contribution in [0.1, 0.15) is 12.0 Å². The SMILES string of the molecule is O=S(=O)(NC1CCNC1)c1ccc(C(F)(F)F)cc1Cl. The quantitative estimate of drug-likeness (QED) is 0.892. The van der Waals surface area contributed by atoms with Crippen molar-refractivity contribution in [2.45, 2.75) is 23.5 Å². The summed E-state index contributed by atoms with van der Waals surface area (Å²) in [5.74, 6) is 0. The molecular weight excluding hydrogens is 317 g/mol. The summed E-state index contributed by atoms with van der Waals surface area (Å²) in [6.45, 7) is 1.17. The lowest BCUT2D eigenvalue weighted by molar-refractivity contribution is -0.137. The number of alkyl halides is 3. The first-order chi connectivity index (χ1) is 9.20. The van der Waals surface area contributed by atoms with E-state index in [-0.39, 0.29) is 10.9 Å². The molecule has 1 saturated heterocycles. The van der Waals surface area contributed by atoms with Gasteiger partial charge in [-0.25, -0.2) is 13.1 Å². The highest BCUT2D eigenvalue weighted by Gasteiger charge is 2.32. The normalized spacial score (nSPS) is 20.3. The summed E-state index contributed by atoms with van der Waals surface area (Å²) in [6, 6.07) is 1.91. The van der Waals surface area contributed by atoms with Crippen LogP contribution in [0.25, 0.3) is 0 Å². The van der Waals surface area contributed by atoms with Crippen LogP contribution in [-0.4, -0.2) is 27.5 Å². The van der Waals surface area contributed by atoms with E-state index < -0.39 is 26.8 Å². The Bertz CT molecular complexity index is 598. The van der Waals surface area contributed by atoms with Gasteiger partial charge in [0.2, 0.25) is 10.0 Å². The molecule has 0 bridgehead atoms. The van der Waals surface area contributed by atoms with Crippen molar-refractivity contribution in [3.63, 3.8) is 0 Å². The fourth-order valence-corrected chi connectivity index (χ4v) is 3.75. The fraction of sp³-hybridized carbons (Fsp3) is 0.455. The minimum absolute atomic E-state index is 0.279. The number of sulfonamides is 1. The average molecular weight is 329 g/mol. The fourth-order valence-electron chi connectivity index (χ4n) is 1.93. The molecule has 1 atom stereocenters. The van der Waals surface area contributed by atoms with Crippen LogP contribution >= 0.6 is 11.6 Å². The summed E-state index contributed by atoms with van der Waals surface area (Å²) in [5.41, 5.74) is -0.982. The molecule has 1 aliphatic heterocycles. The second-order valence-corrected chi connectivity index (χ2v) is 6.54. The first kappa shape index (κ1) is 15.6. The molecule has 1 aromatic rings. The van der Waals surface area contributed by atoms with Crippen molar-refractivity contribution in [2.75, 3.05) is 13.1 Å². The molecule has 2 rings (SSSR count). The molecule has 0 saturated carbocycles. The molecular formula is C11H12ClF3N2O2S. The lowest BCUT2D eigenvalue weighted by atomic mass is 10.2. The average Bonchev–Trinajstić information content (AvgIpc) is 2.79. The Morgan fingerprint density at radius 3 is 2.55 bits per heavy atom. The van der Waals surface area contributed by atoms with Gasteiger partial charge >= 0.3 is 6.18 Å². The van der Waals surface area contributed by atoms with Crippen molar-refractivity contribution in [3.05, 3.63) is 28.8 Å². The van der Waals surface area contributed by atoms with Gasteiger partial charge in [0.1, 0.15) is 4.90 Å². The van der Waals surface area contributed by atoms with E-state index in [0.29, 0.717) is 31.6 Å². The van der Waals surface area contributed by atoms with Crippen molar-refractivity contribution < 1.29 is 21.6 Å². The molecule has 4 nitrogen and oxygen atoms in total. The summed E-state index contributed by atoms with van der Waals surface area (Å²) in [4.78, 5) is -0.348. The smallest absolute Gasteiger partial charge is 0.315 e. The van der Waals surface area contributed by atoms with E-state index in [2.05, 4.69) is 10.0 Å². The molecule has 1 unspecified atom stereocenters. The van der Waals surface area contributed by atoms with E-state index in [1.54, 1.807) is 0 Å². The summed E-state index contributed by atoms with van der Waals surface area (Å²) < 4.78 is 64.0. The van der Waals surface area contributed by atoms with E-state index in [1.807, 2.05) is 0 Å². The first-order valence-electron chi connectivity index (χ1n) is 5.80. The minimum atomic E-state index is -4.56. The lowest BCUT2D eigenvalue weighted by Gasteiger charge is -2.14. The molecule has 0 aromatic heterocycles. The van der Waals surface area contributed by atoms with Gasteiger partial charge in [-0.3, -0.25) is 0 Å². The molecule has 0 amide bonds. The summed E-state index contributed by atoms with van der Waals surface area (Å²) in [5, 5.41) is 2.54. The van der Waals surface area contributed by atoms with E-state index >= 15 is 0 Å². The van der Waals surface area contributed by atoms with Gasteiger partial charge in [-0.15, -0.1) is 0 Å². The molecule has 0 aliphatic carbocycles. The van der Waals surface area contributed by atoms with Gasteiger partial charge in [0.15, 0.2) is 0 Å². The maximum atomic E-state index is 12.5. The van der Waals surface area contributed by atoms with Gasteiger partial charge in [0.05, 0.1) is 10.6 Å². The molecule has 1 heterocycles. The summed E-state index contributed by atoms with van der Waals surface area (Å²) in [6.07, 6.45) is -3.94. The van der Waals surface area contributed by atoms with Crippen LogP contribution in [0.2, 0.25) is 5.02 Å². The minimum Gasteiger partial charge on any atom is -0.315 e. The predicted molar refractivity (Wildman–Crippen MR) is 68.1 cm³/mol. The number of hydrogen-bond acceptors (Lipinski definition) is 3. The van der Waals surface area contributed by atoms with Crippen molar-refractivity contribution in [1.82, 2.24) is 10.0 Å². The molecule has 0 radical (unpaired) electrons. The third kappa shape index (κ3) is 3.43. The molecule has 9 heteroatoms.